The highest BCUT2D eigenvalue weighted by atomic mass is 79.9. The van der Waals surface area contributed by atoms with Gasteiger partial charge in [0.2, 0.25) is 0 Å². The number of carbonyl (C=O) groups excluding carboxylic acids is 1. The highest BCUT2D eigenvalue weighted by Crippen LogP contribution is 2.24. The maximum Gasteiger partial charge on any atom is 0.267 e. The molecule has 0 radical (unpaired) electrons. The molecular weight excluding hydrogens is 327 g/mol. The van der Waals surface area contributed by atoms with Gasteiger partial charge in [0, 0.05) is 22.5 Å². The predicted octanol–water partition coefficient (Wildman–Crippen LogP) is 2.82. The highest BCUT2D eigenvalue weighted by molar-refractivity contribution is 9.10. The molecule has 1 heterocycles. The summed E-state index contributed by atoms with van der Waals surface area (Å²) >= 11 is 3.21. The Bertz CT molecular complexity index is 641. The van der Waals surface area contributed by atoms with Gasteiger partial charge in [-0.25, -0.2) is 4.39 Å². The largest absolute Gasteiger partial charge is 0.396 e. The third-order valence-electron chi connectivity index (χ3n) is 3.40. The van der Waals surface area contributed by atoms with Crippen molar-refractivity contribution in [3.63, 3.8) is 0 Å². The van der Waals surface area contributed by atoms with Crippen LogP contribution in [0, 0.1) is 11.7 Å². The van der Waals surface area contributed by atoms with Gasteiger partial charge in [0.05, 0.1) is 5.52 Å². The summed E-state index contributed by atoms with van der Waals surface area (Å²) in [5.41, 5.74) is 0.860. The third-order valence-corrected chi connectivity index (χ3v) is 3.86. The van der Waals surface area contributed by atoms with E-state index >= 15 is 0 Å². The number of benzene rings is 1. The van der Waals surface area contributed by atoms with Crippen LogP contribution in [0.25, 0.3) is 10.9 Å². The van der Waals surface area contributed by atoms with E-state index in [1.165, 1.54) is 12.1 Å². The minimum absolute atomic E-state index is 0.00424. The molecule has 2 atom stereocenters. The van der Waals surface area contributed by atoms with E-state index in [9.17, 15) is 9.18 Å². The Labute approximate surface area is 124 Å². The standard InChI is InChI=1S/C14H16BrFN2O2/c1-7(6-19)8(2)17-14(20)13-5-10-11(16)3-9(15)4-12(10)18-13/h3-5,7-8,18-19H,6H2,1-2H3,(H,17,20). The Morgan fingerprint density at radius 1 is 1.45 bits per heavy atom. The number of hydrogen-bond donors (Lipinski definition) is 3. The molecule has 1 aromatic heterocycles. The number of rotatable bonds is 4. The van der Waals surface area contributed by atoms with E-state index in [0.29, 0.717) is 21.1 Å². The lowest BCUT2D eigenvalue weighted by molar-refractivity contribution is 0.0912. The van der Waals surface area contributed by atoms with Crippen molar-refractivity contribution in [2.45, 2.75) is 19.9 Å². The first-order valence-electron chi connectivity index (χ1n) is 6.32. The minimum Gasteiger partial charge on any atom is -0.396 e. The molecule has 3 N–H and O–H groups in total. The maximum absolute atomic E-state index is 13.8. The first kappa shape index (κ1) is 15.0. The monoisotopic (exact) mass is 342 g/mol. The van der Waals surface area contributed by atoms with Crippen LogP contribution in [0.5, 0.6) is 0 Å². The molecule has 4 nitrogen and oxygen atoms in total. The van der Waals surface area contributed by atoms with Crippen LogP contribution in [0.1, 0.15) is 24.3 Å². The smallest absolute Gasteiger partial charge is 0.267 e. The first-order chi connectivity index (χ1) is 9.42. The summed E-state index contributed by atoms with van der Waals surface area (Å²) in [6.07, 6.45) is 0. The van der Waals surface area contributed by atoms with E-state index in [0.717, 1.165) is 0 Å². The molecule has 2 unspecified atom stereocenters. The molecule has 0 aliphatic rings. The fourth-order valence-corrected chi connectivity index (χ4v) is 2.30. The molecule has 0 spiro atoms. The average Bonchev–Trinajstić information content (AvgIpc) is 2.81. The Balaban J connectivity index is 2.25. The lowest BCUT2D eigenvalue weighted by atomic mass is 10.1. The van der Waals surface area contributed by atoms with E-state index in [1.54, 1.807) is 6.07 Å². The molecule has 0 fully saturated rings. The fraction of sp³-hybridized carbons (Fsp3) is 0.357. The number of aliphatic hydroxyl groups is 1. The molecule has 1 amide bonds. The van der Waals surface area contributed by atoms with Gasteiger partial charge in [-0.15, -0.1) is 0 Å². The summed E-state index contributed by atoms with van der Waals surface area (Å²) in [7, 11) is 0. The van der Waals surface area contributed by atoms with Crippen molar-refractivity contribution in [3.8, 4) is 0 Å². The summed E-state index contributed by atoms with van der Waals surface area (Å²) in [4.78, 5) is 15.0. The zero-order valence-electron chi connectivity index (χ0n) is 11.2. The van der Waals surface area contributed by atoms with Gasteiger partial charge < -0.3 is 15.4 Å². The molecule has 6 heteroatoms. The summed E-state index contributed by atoms with van der Waals surface area (Å²) in [6.45, 7) is 3.65. The molecule has 0 aliphatic heterocycles. The average molecular weight is 343 g/mol. The van der Waals surface area contributed by atoms with Crippen molar-refractivity contribution < 1.29 is 14.3 Å². The number of aromatic amines is 1. The highest BCUT2D eigenvalue weighted by Gasteiger charge is 2.17. The van der Waals surface area contributed by atoms with Crippen LogP contribution >= 0.6 is 15.9 Å². The summed E-state index contributed by atoms with van der Waals surface area (Å²) in [6, 6.07) is 4.39. The van der Waals surface area contributed by atoms with Crippen molar-refractivity contribution >= 4 is 32.7 Å². The Morgan fingerprint density at radius 2 is 2.15 bits per heavy atom. The second-order valence-corrected chi connectivity index (χ2v) is 5.87. The molecule has 0 aliphatic carbocycles. The lowest BCUT2D eigenvalue weighted by Gasteiger charge is -2.18. The number of hydrogen-bond acceptors (Lipinski definition) is 2. The van der Waals surface area contributed by atoms with Crippen molar-refractivity contribution in [3.05, 3.63) is 34.2 Å². The van der Waals surface area contributed by atoms with Crippen molar-refractivity contribution in [1.29, 1.82) is 0 Å². The minimum atomic E-state index is -0.388. The van der Waals surface area contributed by atoms with Crippen molar-refractivity contribution in [1.82, 2.24) is 10.3 Å². The second-order valence-electron chi connectivity index (χ2n) is 4.95. The van der Waals surface area contributed by atoms with E-state index in [-0.39, 0.29) is 30.3 Å². The van der Waals surface area contributed by atoms with Gasteiger partial charge in [0.25, 0.3) is 5.91 Å². The number of aliphatic hydroxyl groups excluding tert-OH is 1. The van der Waals surface area contributed by atoms with Gasteiger partial charge >= 0.3 is 0 Å². The van der Waals surface area contributed by atoms with Crippen molar-refractivity contribution in [2.75, 3.05) is 6.61 Å². The van der Waals surface area contributed by atoms with Gasteiger partial charge in [-0.1, -0.05) is 22.9 Å². The molecule has 1 aromatic carbocycles. The summed E-state index contributed by atoms with van der Waals surface area (Å²) < 4.78 is 14.4. The normalized spacial score (nSPS) is 14.2. The van der Waals surface area contributed by atoms with E-state index in [1.807, 2.05) is 13.8 Å². The van der Waals surface area contributed by atoms with Crippen molar-refractivity contribution in [2.24, 2.45) is 5.92 Å². The van der Waals surface area contributed by atoms with E-state index < -0.39 is 0 Å². The molecule has 20 heavy (non-hydrogen) atoms. The Kier molecular flexibility index (Phi) is 4.45. The zero-order valence-corrected chi connectivity index (χ0v) is 12.8. The van der Waals surface area contributed by atoms with Crippen LogP contribution in [0.2, 0.25) is 0 Å². The van der Waals surface area contributed by atoms with Crippen LogP contribution in [-0.2, 0) is 0 Å². The number of nitrogens with one attached hydrogen (secondary N) is 2. The number of amides is 1. The maximum atomic E-state index is 13.8. The molecule has 0 bridgehead atoms. The van der Waals surface area contributed by atoms with Crippen LogP contribution < -0.4 is 5.32 Å². The van der Waals surface area contributed by atoms with Gasteiger partial charge in [-0.05, 0) is 31.0 Å². The van der Waals surface area contributed by atoms with Gasteiger partial charge in [-0.3, -0.25) is 4.79 Å². The topological polar surface area (TPSA) is 65.1 Å². The van der Waals surface area contributed by atoms with Gasteiger partial charge in [0.15, 0.2) is 0 Å². The summed E-state index contributed by atoms with van der Waals surface area (Å²) in [5.74, 6) is -0.750. The molecule has 0 saturated carbocycles. The number of halogens is 2. The van der Waals surface area contributed by atoms with Crippen LogP contribution in [0.3, 0.4) is 0 Å². The fourth-order valence-electron chi connectivity index (χ4n) is 1.87. The molecule has 2 rings (SSSR count). The number of fused-ring (bicyclic) bond motifs is 1. The first-order valence-corrected chi connectivity index (χ1v) is 7.11. The van der Waals surface area contributed by atoms with E-state index in [4.69, 9.17) is 5.11 Å². The Morgan fingerprint density at radius 3 is 2.80 bits per heavy atom. The van der Waals surface area contributed by atoms with Crippen LogP contribution in [0.4, 0.5) is 4.39 Å². The SMILES string of the molecule is CC(CO)C(C)NC(=O)c1cc2c(F)cc(Br)cc2[nH]1. The van der Waals surface area contributed by atoms with Gasteiger partial charge in [-0.2, -0.15) is 0 Å². The quantitative estimate of drug-likeness (QED) is 0.799. The lowest BCUT2D eigenvalue weighted by Crippen LogP contribution is -2.38. The summed E-state index contributed by atoms with van der Waals surface area (Å²) in [5, 5.41) is 12.2. The number of carbonyl (C=O) groups is 1. The van der Waals surface area contributed by atoms with Crippen LogP contribution in [0.15, 0.2) is 22.7 Å². The molecule has 2 aromatic rings. The number of H-pyrrole nitrogens is 1. The third kappa shape index (κ3) is 3.02. The van der Waals surface area contributed by atoms with E-state index in [2.05, 4.69) is 26.2 Å². The van der Waals surface area contributed by atoms with Gasteiger partial charge in [0.1, 0.15) is 11.5 Å². The molecule has 108 valence electrons. The molecule has 0 saturated heterocycles. The molecular formula is C14H16BrFN2O2. The number of aromatic nitrogens is 1. The zero-order chi connectivity index (χ0) is 14.9. The van der Waals surface area contributed by atoms with Crippen LogP contribution in [-0.4, -0.2) is 28.6 Å². The second kappa shape index (κ2) is 5.93. The Hall–Kier alpha value is -1.40. The predicted molar refractivity (Wildman–Crippen MR) is 79.1 cm³/mol.